The van der Waals surface area contributed by atoms with E-state index in [4.69, 9.17) is 4.74 Å². The third kappa shape index (κ3) is 4.78. The molecule has 2 heterocycles. The zero-order valence-electron chi connectivity index (χ0n) is 17.7. The van der Waals surface area contributed by atoms with Crippen LogP contribution >= 0.6 is 0 Å². The van der Waals surface area contributed by atoms with Crippen LogP contribution in [0.2, 0.25) is 0 Å². The summed E-state index contributed by atoms with van der Waals surface area (Å²) in [6.45, 7) is 6.73. The van der Waals surface area contributed by atoms with Gasteiger partial charge in [-0.05, 0) is 39.2 Å². The van der Waals surface area contributed by atoms with E-state index in [-0.39, 0.29) is 36.3 Å². The van der Waals surface area contributed by atoms with Gasteiger partial charge in [0.1, 0.15) is 6.61 Å². The normalized spacial score (nSPS) is 25.3. The summed E-state index contributed by atoms with van der Waals surface area (Å²) >= 11 is 0. The third-order valence-corrected chi connectivity index (χ3v) is 5.68. The second-order valence-electron chi connectivity index (χ2n) is 8.38. The summed E-state index contributed by atoms with van der Waals surface area (Å²) in [5.41, 5.74) is 1.98. The number of nitrogens with zero attached hydrogens (tertiary/aromatic N) is 2. The van der Waals surface area contributed by atoms with Gasteiger partial charge in [-0.25, -0.2) is 0 Å². The molecule has 2 fully saturated rings. The van der Waals surface area contributed by atoms with Crippen molar-refractivity contribution in [2.75, 3.05) is 26.7 Å². The molecule has 3 atom stereocenters. The molecule has 1 aromatic carbocycles. The number of hydrogen-bond donors (Lipinski definition) is 1. The SMILES string of the molecule is Cc1ccc(C2C(C(=O)N3CCCC(C(=O)NC(C)C)C3)OCC(=O)N2C)cc1. The summed E-state index contributed by atoms with van der Waals surface area (Å²) in [5.74, 6) is -0.523. The lowest BCUT2D eigenvalue weighted by molar-refractivity contribution is -0.168. The van der Waals surface area contributed by atoms with Crippen LogP contribution in [0.5, 0.6) is 0 Å². The summed E-state index contributed by atoms with van der Waals surface area (Å²) in [6, 6.07) is 7.41. The Bertz CT molecular complexity index is 762. The highest BCUT2D eigenvalue weighted by Crippen LogP contribution is 2.31. The van der Waals surface area contributed by atoms with Gasteiger partial charge in [0.25, 0.3) is 5.91 Å². The molecule has 1 aromatic rings. The molecular formula is C22H31N3O4. The number of carbonyl (C=O) groups is 3. The Morgan fingerprint density at radius 2 is 1.90 bits per heavy atom. The molecule has 3 amide bonds. The van der Waals surface area contributed by atoms with E-state index in [0.717, 1.165) is 24.0 Å². The van der Waals surface area contributed by atoms with Crippen molar-refractivity contribution in [3.05, 3.63) is 35.4 Å². The molecule has 0 spiro atoms. The van der Waals surface area contributed by atoms with E-state index in [1.165, 1.54) is 0 Å². The van der Waals surface area contributed by atoms with Crippen molar-refractivity contribution in [2.24, 2.45) is 5.92 Å². The van der Waals surface area contributed by atoms with Crippen LogP contribution < -0.4 is 5.32 Å². The number of ether oxygens (including phenoxy) is 1. The van der Waals surface area contributed by atoms with E-state index in [0.29, 0.717) is 13.1 Å². The molecule has 1 N–H and O–H groups in total. The molecule has 158 valence electrons. The number of morpholine rings is 1. The monoisotopic (exact) mass is 401 g/mol. The molecule has 2 aliphatic heterocycles. The standard InChI is InChI=1S/C22H31N3O4/c1-14(2)23-21(27)17-6-5-11-25(12-17)22(28)20-19(24(4)18(26)13-29-20)16-9-7-15(3)8-10-16/h7-10,14,17,19-20H,5-6,11-13H2,1-4H3,(H,23,27). The van der Waals surface area contributed by atoms with Crippen molar-refractivity contribution in [2.45, 2.75) is 51.8 Å². The first-order valence-electron chi connectivity index (χ1n) is 10.3. The summed E-state index contributed by atoms with van der Waals surface area (Å²) in [7, 11) is 1.71. The molecule has 0 aliphatic carbocycles. The minimum absolute atomic E-state index is 0.00978. The van der Waals surface area contributed by atoms with Crippen molar-refractivity contribution in [3.63, 3.8) is 0 Å². The highest BCUT2D eigenvalue weighted by Gasteiger charge is 2.43. The number of hydrogen-bond acceptors (Lipinski definition) is 4. The lowest BCUT2D eigenvalue weighted by atomic mass is 9.93. The first-order chi connectivity index (χ1) is 13.8. The fourth-order valence-corrected chi connectivity index (χ4v) is 4.05. The number of rotatable bonds is 4. The Balaban J connectivity index is 1.79. The van der Waals surface area contributed by atoms with Crippen LogP contribution in [0.3, 0.4) is 0 Å². The zero-order chi connectivity index (χ0) is 21.1. The van der Waals surface area contributed by atoms with Crippen LogP contribution in [0, 0.1) is 12.8 Å². The second-order valence-corrected chi connectivity index (χ2v) is 8.38. The predicted octanol–water partition coefficient (Wildman–Crippen LogP) is 1.66. The van der Waals surface area contributed by atoms with Crippen molar-refractivity contribution in [3.8, 4) is 0 Å². The maximum atomic E-state index is 13.4. The average Bonchev–Trinajstić information content (AvgIpc) is 2.70. The maximum Gasteiger partial charge on any atom is 0.254 e. The fourth-order valence-electron chi connectivity index (χ4n) is 4.05. The molecule has 7 nitrogen and oxygen atoms in total. The molecule has 29 heavy (non-hydrogen) atoms. The van der Waals surface area contributed by atoms with Crippen LogP contribution in [0.25, 0.3) is 0 Å². The highest BCUT2D eigenvalue weighted by atomic mass is 16.5. The van der Waals surface area contributed by atoms with Crippen molar-refractivity contribution >= 4 is 17.7 Å². The van der Waals surface area contributed by atoms with Gasteiger partial charge < -0.3 is 19.9 Å². The molecular weight excluding hydrogens is 370 g/mol. The van der Waals surface area contributed by atoms with Gasteiger partial charge >= 0.3 is 0 Å². The number of benzene rings is 1. The zero-order valence-corrected chi connectivity index (χ0v) is 17.7. The van der Waals surface area contributed by atoms with Gasteiger partial charge in [-0.2, -0.15) is 0 Å². The van der Waals surface area contributed by atoms with Gasteiger partial charge in [0.05, 0.1) is 12.0 Å². The number of piperidine rings is 1. The van der Waals surface area contributed by atoms with E-state index >= 15 is 0 Å². The minimum atomic E-state index is -0.771. The topological polar surface area (TPSA) is 79.0 Å². The number of likely N-dealkylation sites (tertiary alicyclic amines) is 1. The summed E-state index contributed by atoms with van der Waals surface area (Å²) in [4.78, 5) is 41.4. The second kappa shape index (κ2) is 8.95. The largest absolute Gasteiger partial charge is 0.356 e. The van der Waals surface area contributed by atoms with Crippen LogP contribution in [0.1, 0.15) is 43.9 Å². The van der Waals surface area contributed by atoms with Crippen LogP contribution in [-0.4, -0.2) is 66.4 Å². The van der Waals surface area contributed by atoms with Gasteiger partial charge in [0.15, 0.2) is 6.10 Å². The Morgan fingerprint density at radius 1 is 1.21 bits per heavy atom. The van der Waals surface area contributed by atoms with E-state index in [1.807, 2.05) is 45.0 Å². The number of carbonyl (C=O) groups excluding carboxylic acids is 3. The summed E-state index contributed by atoms with van der Waals surface area (Å²) in [5, 5.41) is 2.94. The number of amides is 3. The van der Waals surface area contributed by atoms with E-state index in [9.17, 15) is 14.4 Å². The molecule has 7 heteroatoms. The third-order valence-electron chi connectivity index (χ3n) is 5.68. The van der Waals surface area contributed by atoms with Crippen LogP contribution in [0.4, 0.5) is 0 Å². The first kappa shape index (κ1) is 21.3. The smallest absolute Gasteiger partial charge is 0.254 e. The van der Waals surface area contributed by atoms with Crippen molar-refractivity contribution in [1.29, 1.82) is 0 Å². The van der Waals surface area contributed by atoms with Crippen molar-refractivity contribution < 1.29 is 19.1 Å². The van der Waals surface area contributed by atoms with E-state index in [1.54, 1.807) is 16.8 Å². The summed E-state index contributed by atoms with van der Waals surface area (Å²) < 4.78 is 5.75. The minimum Gasteiger partial charge on any atom is -0.356 e. The Morgan fingerprint density at radius 3 is 2.55 bits per heavy atom. The van der Waals surface area contributed by atoms with E-state index < -0.39 is 12.1 Å². The quantitative estimate of drug-likeness (QED) is 0.832. The molecule has 0 saturated carbocycles. The first-order valence-corrected chi connectivity index (χ1v) is 10.3. The molecule has 3 unspecified atom stereocenters. The maximum absolute atomic E-state index is 13.4. The number of nitrogens with one attached hydrogen (secondary N) is 1. The van der Waals surface area contributed by atoms with E-state index in [2.05, 4.69) is 5.32 Å². The Labute approximate surface area is 172 Å². The Kier molecular flexibility index (Phi) is 6.57. The molecule has 0 bridgehead atoms. The Hall–Kier alpha value is -2.41. The molecule has 3 rings (SSSR count). The van der Waals surface area contributed by atoms with Crippen LogP contribution in [0.15, 0.2) is 24.3 Å². The van der Waals surface area contributed by atoms with Gasteiger partial charge in [-0.3, -0.25) is 14.4 Å². The predicted molar refractivity (Wildman–Crippen MR) is 109 cm³/mol. The molecule has 0 radical (unpaired) electrons. The van der Waals surface area contributed by atoms with Gasteiger partial charge in [-0.1, -0.05) is 29.8 Å². The molecule has 2 saturated heterocycles. The van der Waals surface area contributed by atoms with Gasteiger partial charge in [0.2, 0.25) is 11.8 Å². The highest BCUT2D eigenvalue weighted by molar-refractivity contribution is 5.87. The molecule has 2 aliphatic rings. The lowest BCUT2D eigenvalue weighted by Gasteiger charge is -2.41. The average molecular weight is 402 g/mol. The number of likely N-dealkylation sites (N-methyl/N-ethyl adjacent to an activating group) is 1. The number of aryl methyl sites for hydroxylation is 1. The van der Waals surface area contributed by atoms with Crippen molar-refractivity contribution in [1.82, 2.24) is 15.1 Å². The summed E-state index contributed by atoms with van der Waals surface area (Å²) in [6.07, 6.45) is 0.777. The van der Waals surface area contributed by atoms with Gasteiger partial charge in [0, 0.05) is 26.2 Å². The fraction of sp³-hybridized carbons (Fsp3) is 0.591. The van der Waals surface area contributed by atoms with Gasteiger partial charge in [-0.15, -0.1) is 0 Å². The molecule has 0 aromatic heterocycles. The van der Waals surface area contributed by atoms with Crippen LogP contribution in [-0.2, 0) is 19.1 Å². The lowest BCUT2D eigenvalue weighted by Crippen LogP contribution is -2.56.